The molecule has 0 spiro atoms. The predicted molar refractivity (Wildman–Crippen MR) is 133 cm³/mol. The number of benzene rings is 1. The molecular weight excluding hydrogens is 406 g/mol. The highest BCUT2D eigenvalue weighted by atomic mass is 35.5. The van der Waals surface area contributed by atoms with Crippen LogP contribution in [0.4, 0.5) is 5.69 Å². The fourth-order valence-electron chi connectivity index (χ4n) is 3.65. The second-order valence-electron chi connectivity index (χ2n) is 7.69. The Morgan fingerprint density at radius 2 is 2.16 bits per heavy atom. The van der Waals surface area contributed by atoms with E-state index in [1.807, 2.05) is 55.3 Å². The van der Waals surface area contributed by atoms with Crippen molar-refractivity contribution in [2.24, 2.45) is 15.9 Å². The quantitative estimate of drug-likeness (QED) is 0.451. The molecule has 0 saturated carbocycles. The van der Waals surface area contributed by atoms with Crippen LogP contribution in [0.25, 0.3) is 0 Å². The predicted octanol–water partition coefficient (Wildman–Crippen LogP) is 5.84. The maximum Gasteiger partial charge on any atom is 0.206 e. The van der Waals surface area contributed by atoms with Crippen LogP contribution in [0.2, 0.25) is 5.02 Å². The molecule has 2 heterocycles. The molecule has 5 nitrogen and oxygen atoms in total. The van der Waals surface area contributed by atoms with E-state index < -0.39 is 0 Å². The fraction of sp³-hybridized carbons (Fsp3) is 0.280. The molecule has 3 rings (SSSR count). The summed E-state index contributed by atoms with van der Waals surface area (Å²) in [5.74, 6) is 1.18. The number of likely N-dealkylation sites (tertiary alicyclic amines) is 1. The Morgan fingerprint density at radius 1 is 1.35 bits per heavy atom. The summed E-state index contributed by atoms with van der Waals surface area (Å²) >= 11 is 6.12. The maximum absolute atomic E-state index is 6.12. The molecule has 31 heavy (non-hydrogen) atoms. The molecule has 0 amide bonds. The highest BCUT2D eigenvalue weighted by Crippen LogP contribution is 2.28. The Hall–Kier alpha value is -3.05. The van der Waals surface area contributed by atoms with E-state index in [-0.39, 0.29) is 0 Å². The Kier molecular flexibility index (Phi) is 7.53. The van der Waals surface area contributed by atoms with Gasteiger partial charge < -0.3 is 15.1 Å². The molecule has 0 radical (unpaired) electrons. The molecule has 1 unspecified atom stereocenters. The Balaban J connectivity index is 1.74. The monoisotopic (exact) mass is 435 g/mol. The molecule has 0 aliphatic carbocycles. The van der Waals surface area contributed by atoms with Gasteiger partial charge in [0, 0.05) is 60.6 Å². The first-order valence-corrected chi connectivity index (χ1v) is 10.8. The minimum atomic E-state index is 0.299. The van der Waals surface area contributed by atoms with Gasteiger partial charge >= 0.3 is 0 Å². The van der Waals surface area contributed by atoms with Crippen LogP contribution in [0.1, 0.15) is 19.8 Å². The van der Waals surface area contributed by atoms with Gasteiger partial charge in [0.25, 0.3) is 0 Å². The first-order chi connectivity index (χ1) is 14.9. The molecule has 1 N–H and O–H groups in total. The van der Waals surface area contributed by atoms with Crippen molar-refractivity contribution in [3.05, 3.63) is 90.0 Å². The lowest BCUT2D eigenvalue weighted by molar-refractivity contribution is 0.263. The summed E-state index contributed by atoms with van der Waals surface area (Å²) in [4.78, 5) is 13.3. The van der Waals surface area contributed by atoms with Gasteiger partial charge in [0.05, 0.1) is 5.70 Å². The molecule has 1 atom stereocenters. The number of nitrogens with one attached hydrogen (secondary N) is 1. The van der Waals surface area contributed by atoms with E-state index in [0.29, 0.717) is 10.9 Å². The van der Waals surface area contributed by atoms with Crippen molar-refractivity contribution >= 4 is 29.5 Å². The molecule has 1 aromatic carbocycles. The van der Waals surface area contributed by atoms with E-state index >= 15 is 0 Å². The summed E-state index contributed by atoms with van der Waals surface area (Å²) in [5.41, 5.74) is 4.44. The van der Waals surface area contributed by atoms with E-state index in [9.17, 15) is 0 Å². The highest BCUT2D eigenvalue weighted by Gasteiger charge is 2.28. The zero-order valence-electron chi connectivity index (χ0n) is 18.3. The largest absolute Gasteiger partial charge is 0.359 e. The normalized spacial score (nSPS) is 19.6. The maximum atomic E-state index is 6.12. The lowest BCUT2D eigenvalue weighted by atomic mass is 9.95. The van der Waals surface area contributed by atoms with Crippen LogP contribution in [-0.2, 0) is 0 Å². The lowest BCUT2D eigenvalue weighted by Crippen LogP contribution is -2.48. The van der Waals surface area contributed by atoms with Crippen molar-refractivity contribution in [3.8, 4) is 0 Å². The number of halogens is 1. The van der Waals surface area contributed by atoms with Crippen LogP contribution in [-0.4, -0.2) is 42.1 Å². The van der Waals surface area contributed by atoms with E-state index in [2.05, 4.69) is 34.9 Å². The fourth-order valence-corrected chi connectivity index (χ4v) is 3.84. The molecule has 1 aromatic rings. The Morgan fingerprint density at radius 3 is 2.90 bits per heavy atom. The third-order valence-electron chi connectivity index (χ3n) is 5.42. The van der Waals surface area contributed by atoms with Crippen molar-refractivity contribution in [1.29, 1.82) is 0 Å². The summed E-state index contributed by atoms with van der Waals surface area (Å²) in [5, 5.41) is 4.13. The minimum absolute atomic E-state index is 0.299. The standard InChI is InChI=1S/C25H30ClN5/c1-6-27-13-12-18(2)24-15-19(3)30(5)25(29-24)31-14-8-9-21(17-31)20(4)28-23-11-7-10-22(26)16-23/h6-7,10-13,15-16,21,28H,2-4,8-9,14,17H2,1,5H3/b13-12-,27-6?. The molecule has 2 aliphatic heterocycles. The molecule has 1 saturated heterocycles. The van der Waals surface area contributed by atoms with Gasteiger partial charge in [-0.3, -0.25) is 4.99 Å². The Labute approximate surface area is 190 Å². The SMILES string of the molecule is C=C(/C=C\N=CC)C1=CC(=C)N(C)C(N2CCCC(C(=C)Nc3cccc(Cl)c3)C2)=N1. The average molecular weight is 436 g/mol. The molecule has 6 heteroatoms. The van der Waals surface area contributed by atoms with E-state index in [0.717, 1.165) is 60.2 Å². The highest BCUT2D eigenvalue weighted by molar-refractivity contribution is 6.30. The average Bonchev–Trinajstić information content (AvgIpc) is 2.75. The van der Waals surface area contributed by atoms with Gasteiger partial charge in [0.1, 0.15) is 0 Å². The van der Waals surface area contributed by atoms with Crippen LogP contribution >= 0.6 is 11.6 Å². The number of anilines is 1. The van der Waals surface area contributed by atoms with Crippen molar-refractivity contribution in [2.75, 3.05) is 25.5 Å². The number of nitrogens with zero attached hydrogens (tertiary/aromatic N) is 4. The van der Waals surface area contributed by atoms with Crippen LogP contribution in [0.3, 0.4) is 0 Å². The summed E-state index contributed by atoms with van der Waals surface area (Å²) in [6.07, 6.45) is 9.41. The van der Waals surface area contributed by atoms with Crippen LogP contribution < -0.4 is 5.32 Å². The first kappa shape index (κ1) is 22.6. The molecular formula is C25H30ClN5. The molecule has 0 bridgehead atoms. The number of piperidine rings is 1. The zero-order valence-corrected chi connectivity index (χ0v) is 19.1. The van der Waals surface area contributed by atoms with Crippen molar-refractivity contribution in [3.63, 3.8) is 0 Å². The molecule has 2 aliphatic rings. The van der Waals surface area contributed by atoms with Gasteiger partial charge in [-0.2, -0.15) is 0 Å². The zero-order chi connectivity index (χ0) is 22.4. The lowest BCUT2D eigenvalue weighted by Gasteiger charge is -2.40. The smallest absolute Gasteiger partial charge is 0.206 e. The van der Waals surface area contributed by atoms with Crippen LogP contribution in [0.5, 0.6) is 0 Å². The van der Waals surface area contributed by atoms with Crippen LogP contribution in [0.15, 0.2) is 95.0 Å². The van der Waals surface area contributed by atoms with E-state index in [1.54, 1.807) is 12.4 Å². The number of hydrogen-bond donors (Lipinski definition) is 1. The van der Waals surface area contributed by atoms with Gasteiger partial charge in [0.2, 0.25) is 5.96 Å². The number of rotatable bonds is 6. The molecule has 1 fully saturated rings. The summed E-state index contributed by atoms with van der Waals surface area (Å²) < 4.78 is 0. The Bertz CT molecular complexity index is 985. The number of aliphatic imine (C=N–C) groups is 2. The number of likely N-dealkylation sites (N-methyl/N-ethyl adjacent to an activating group) is 1. The summed E-state index contributed by atoms with van der Waals surface area (Å²) in [6, 6.07) is 7.71. The topological polar surface area (TPSA) is 43.2 Å². The van der Waals surface area contributed by atoms with Crippen molar-refractivity contribution in [1.82, 2.24) is 9.80 Å². The van der Waals surface area contributed by atoms with E-state index in [4.69, 9.17) is 16.6 Å². The third-order valence-corrected chi connectivity index (χ3v) is 5.66. The second kappa shape index (κ2) is 10.3. The molecule has 0 aromatic heterocycles. The molecule has 162 valence electrons. The minimum Gasteiger partial charge on any atom is -0.359 e. The summed E-state index contributed by atoms with van der Waals surface area (Å²) in [6.45, 7) is 16.3. The van der Waals surface area contributed by atoms with Gasteiger partial charge in [-0.25, -0.2) is 4.99 Å². The van der Waals surface area contributed by atoms with Crippen LogP contribution in [0, 0.1) is 5.92 Å². The van der Waals surface area contributed by atoms with E-state index in [1.165, 1.54) is 0 Å². The van der Waals surface area contributed by atoms with Gasteiger partial charge in [0.15, 0.2) is 0 Å². The third kappa shape index (κ3) is 5.76. The second-order valence-corrected chi connectivity index (χ2v) is 8.12. The van der Waals surface area contributed by atoms with Gasteiger partial charge in [-0.15, -0.1) is 0 Å². The van der Waals surface area contributed by atoms with Gasteiger partial charge in [-0.05, 0) is 55.7 Å². The first-order valence-electron chi connectivity index (χ1n) is 10.4. The van der Waals surface area contributed by atoms with Crippen molar-refractivity contribution < 1.29 is 0 Å². The number of allylic oxidation sites excluding steroid dienone is 2. The summed E-state index contributed by atoms with van der Waals surface area (Å²) in [7, 11) is 2.00. The number of hydrogen-bond acceptors (Lipinski definition) is 5. The van der Waals surface area contributed by atoms with Gasteiger partial charge in [-0.1, -0.05) is 37.4 Å². The van der Waals surface area contributed by atoms with Crippen molar-refractivity contribution in [2.45, 2.75) is 19.8 Å². The number of guanidine groups is 1.